The highest BCUT2D eigenvalue weighted by Gasteiger charge is 2.18. The van der Waals surface area contributed by atoms with Crippen molar-refractivity contribution in [2.45, 2.75) is 44.7 Å². The van der Waals surface area contributed by atoms with Crippen LogP contribution in [0.25, 0.3) is 10.8 Å². The smallest absolute Gasteiger partial charge is 0.275 e. The van der Waals surface area contributed by atoms with Crippen LogP contribution in [0.3, 0.4) is 0 Å². The largest absolute Gasteiger partial charge is 0.353 e. The molecule has 7 heteroatoms. The molecule has 1 fully saturated rings. The molecule has 1 saturated carbocycles. The van der Waals surface area contributed by atoms with Gasteiger partial charge in [0.1, 0.15) is 0 Å². The quantitative estimate of drug-likeness (QED) is 0.753. The molecule has 134 valence electrons. The van der Waals surface area contributed by atoms with Crippen LogP contribution in [-0.2, 0) is 0 Å². The third kappa shape index (κ3) is 3.12. The summed E-state index contributed by atoms with van der Waals surface area (Å²) in [4.78, 5) is 32.1. The van der Waals surface area contributed by atoms with Gasteiger partial charge in [-0.3, -0.25) is 14.6 Å². The number of anilines is 1. The number of benzene rings is 1. The van der Waals surface area contributed by atoms with E-state index in [0.717, 1.165) is 18.2 Å². The summed E-state index contributed by atoms with van der Waals surface area (Å²) in [7, 11) is 0. The van der Waals surface area contributed by atoms with Crippen molar-refractivity contribution < 1.29 is 0 Å². The third-order valence-corrected chi connectivity index (χ3v) is 4.97. The second-order valence-electron chi connectivity index (χ2n) is 6.80. The number of hydrogen-bond acceptors (Lipinski definition) is 5. The summed E-state index contributed by atoms with van der Waals surface area (Å²) in [5, 5.41) is 8.97. The molecule has 3 aromatic rings. The van der Waals surface area contributed by atoms with E-state index >= 15 is 0 Å². The summed E-state index contributed by atoms with van der Waals surface area (Å²) in [6, 6.07) is 8.65. The first kappa shape index (κ1) is 16.5. The summed E-state index contributed by atoms with van der Waals surface area (Å²) in [5.41, 5.74) is 0.0818. The Balaban J connectivity index is 1.70. The van der Waals surface area contributed by atoms with E-state index in [1.165, 1.54) is 23.6 Å². The summed E-state index contributed by atoms with van der Waals surface area (Å²) < 4.78 is 1.38. The molecule has 0 bridgehead atoms. The second-order valence-corrected chi connectivity index (χ2v) is 6.80. The van der Waals surface area contributed by atoms with Crippen LogP contribution in [-0.4, -0.2) is 25.8 Å². The van der Waals surface area contributed by atoms with Gasteiger partial charge >= 0.3 is 0 Å². The second kappa shape index (κ2) is 6.74. The predicted octanol–water partition coefficient (Wildman–Crippen LogP) is 2.44. The van der Waals surface area contributed by atoms with E-state index in [2.05, 4.69) is 20.4 Å². The molecule has 0 amide bonds. The average molecular weight is 351 g/mol. The zero-order valence-corrected chi connectivity index (χ0v) is 14.6. The van der Waals surface area contributed by atoms with E-state index in [0.29, 0.717) is 23.1 Å². The number of hydrogen-bond donors (Lipinski definition) is 2. The molecule has 7 nitrogen and oxygen atoms in total. The van der Waals surface area contributed by atoms with Gasteiger partial charge in [-0.15, -0.1) is 0 Å². The average Bonchev–Trinajstić information content (AvgIpc) is 3.14. The zero-order chi connectivity index (χ0) is 18.1. The fourth-order valence-electron chi connectivity index (χ4n) is 3.53. The Kier molecular flexibility index (Phi) is 4.28. The van der Waals surface area contributed by atoms with Gasteiger partial charge in [0.05, 0.1) is 23.3 Å². The molecule has 0 unspecified atom stereocenters. The molecular weight excluding hydrogens is 330 g/mol. The van der Waals surface area contributed by atoms with Crippen LogP contribution in [0.1, 0.15) is 44.3 Å². The molecular formula is C19H21N5O2. The van der Waals surface area contributed by atoms with Gasteiger partial charge in [-0.05, 0) is 25.8 Å². The Morgan fingerprint density at radius 2 is 2.00 bits per heavy atom. The summed E-state index contributed by atoms with van der Waals surface area (Å²) in [6.07, 6.45) is 6.20. The zero-order valence-electron chi connectivity index (χ0n) is 14.6. The number of aromatic nitrogens is 4. The van der Waals surface area contributed by atoms with E-state index < -0.39 is 6.04 Å². The fraction of sp³-hybridized carbons (Fsp3) is 0.368. The topological polar surface area (TPSA) is 92.7 Å². The van der Waals surface area contributed by atoms with Gasteiger partial charge in [-0.25, -0.2) is 9.67 Å². The van der Waals surface area contributed by atoms with Crippen LogP contribution < -0.4 is 16.4 Å². The monoisotopic (exact) mass is 351 g/mol. The van der Waals surface area contributed by atoms with Gasteiger partial charge < -0.3 is 5.32 Å². The SMILES string of the molecule is C[C@H](c1cc(=O)[nH]c(NC2CCCC2)n1)n1ncc2ccccc2c1=O. The Morgan fingerprint density at radius 1 is 1.23 bits per heavy atom. The Labute approximate surface area is 150 Å². The first-order chi connectivity index (χ1) is 12.6. The van der Waals surface area contributed by atoms with Crippen molar-refractivity contribution in [2.24, 2.45) is 0 Å². The molecule has 2 N–H and O–H groups in total. The number of nitrogens with one attached hydrogen (secondary N) is 2. The molecule has 4 rings (SSSR count). The molecule has 1 aromatic carbocycles. The lowest BCUT2D eigenvalue weighted by Crippen LogP contribution is -2.28. The number of H-pyrrole nitrogens is 1. The molecule has 0 spiro atoms. The Morgan fingerprint density at radius 3 is 2.81 bits per heavy atom. The molecule has 1 atom stereocenters. The van der Waals surface area contributed by atoms with Gasteiger partial charge in [0.25, 0.3) is 11.1 Å². The number of nitrogens with zero attached hydrogens (tertiary/aromatic N) is 3. The van der Waals surface area contributed by atoms with Crippen LogP contribution in [0.2, 0.25) is 0 Å². The van der Waals surface area contributed by atoms with Crippen LogP contribution in [0.5, 0.6) is 0 Å². The van der Waals surface area contributed by atoms with E-state index in [4.69, 9.17) is 0 Å². The molecule has 2 aromatic heterocycles. The van der Waals surface area contributed by atoms with Crippen LogP contribution >= 0.6 is 0 Å². The summed E-state index contributed by atoms with van der Waals surface area (Å²) in [6.45, 7) is 1.82. The molecule has 2 heterocycles. The van der Waals surface area contributed by atoms with Gasteiger partial charge in [0.2, 0.25) is 5.95 Å². The maximum Gasteiger partial charge on any atom is 0.275 e. The molecule has 1 aliphatic carbocycles. The van der Waals surface area contributed by atoms with E-state index in [-0.39, 0.29) is 11.1 Å². The van der Waals surface area contributed by atoms with Crippen LogP contribution in [0.4, 0.5) is 5.95 Å². The minimum absolute atomic E-state index is 0.192. The highest BCUT2D eigenvalue weighted by atomic mass is 16.1. The van der Waals surface area contributed by atoms with Crippen molar-refractivity contribution in [1.82, 2.24) is 19.7 Å². The molecule has 1 aliphatic rings. The minimum atomic E-state index is -0.446. The van der Waals surface area contributed by atoms with Crippen LogP contribution in [0, 0.1) is 0 Å². The van der Waals surface area contributed by atoms with Gasteiger partial charge in [-0.2, -0.15) is 5.10 Å². The first-order valence-corrected chi connectivity index (χ1v) is 8.96. The Hall–Kier alpha value is -2.96. The molecule has 0 radical (unpaired) electrons. The molecule has 26 heavy (non-hydrogen) atoms. The van der Waals surface area contributed by atoms with E-state index in [1.54, 1.807) is 12.3 Å². The maximum absolute atomic E-state index is 12.8. The fourth-order valence-corrected chi connectivity index (χ4v) is 3.53. The Bertz CT molecular complexity index is 1050. The third-order valence-electron chi connectivity index (χ3n) is 4.97. The lowest BCUT2D eigenvalue weighted by Gasteiger charge is -2.16. The van der Waals surface area contributed by atoms with Crippen molar-refractivity contribution in [3.05, 3.63) is 62.9 Å². The van der Waals surface area contributed by atoms with Crippen molar-refractivity contribution in [2.75, 3.05) is 5.32 Å². The normalized spacial score (nSPS) is 16.0. The van der Waals surface area contributed by atoms with E-state index in [9.17, 15) is 9.59 Å². The number of rotatable bonds is 4. The maximum atomic E-state index is 12.8. The molecule has 0 saturated heterocycles. The molecule has 0 aliphatic heterocycles. The van der Waals surface area contributed by atoms with Crippen molar-refractivity contribution >= 4 is 16.7 Å². The van der Waals surface area contributed by atoms with Crippen molar-refractivity contribution in [3.63, 3.8) is 0 Å². The predicted molar refractivity (Wildman–Crippen MR) is 101 cm³/mol. The van der Waals surface area contributed by atoms with Gasteiger partial charge in [0.15, 0.2) is 0 Å². The van der Waals surface area contributed by atoms with Crippen molar-refractivity contribution in [1.29, 1.82) is 0 Å². The lowest BCUT2D eigenvalue weighted by atomic mass is 10.2. The van der Waals surface area contributed by atoms with E-state index in [1.807, 2.05) is 25.1 Å². The summed E-state index contributed by atoms with van der Waals surface area (Å²) in [5.74, 6) is 0.458. The highest BCUT2D eigenvalue weighted by Crippen LogP contribution is 2.21. The number of aromatic amines is 1. The van der Waals surface area contributed by atoms with Gasteiger partial charge in [-0.1, -0.05) is 31.0 Å². The minimum Gasteiger partial charge on any atom is -0.353 e. The standard InChI is InChI=1S/C19H21N5O2/c1-12(24-18(26)15-9-5-2-6-13(15)11-20-24)16-10-17(25)23-19(22-16)21-14-7-3-4-8-14/h2,5-6,9-12,14H,3-4,7-8H2,1H3,(H2,21,22,23,25)/t12-/m1/s1. The summed E-state index contributed by atoms with van der Waals surface area (Å²) >= 11 is 0. The van der Waals surface area contributed by atoms with Crippen molar-refractivity contribution in [3.8, 4) is 0 Å². The van der Waals surface area contributed by atoms with Gasteiger partial charge in [0, 0.05) is 17.5 Å². The first-order valence-electron chi connectivity index (χ1n) is 8.96. The number of fused-ring (bicyclic) bond motifs is 1. The lowest BCUT2D eigenvalue weighted by molar-refractivity contribution is 0.524. The van der Waals surface area contributed by atoms with Crippen LogP contribution in [0.15, 0.2) is 46.1 Å². The highest BCUT2D eigenvalue weighted by molar-refractivity contribution is 5.80.